The lowest BCUT2D eigenvalue weighted by molar-refractivity contribution is 0.0700. The van der Waals surface area contributed by atoms with Gasteiger partial charge in [0, 0.05) is 12.6 Å². The molecule has 0 radical (unpaired) electrons. The smallest absolute Gasteiger partial charge is 0.274 e. The minimum absolute atomic E-state index is 0.113. The predicted molar refractivity (Wildman–Crippen MR) is 70.1 cm³/mol. The molecule has 2 N–H and O–H groups in total. The maximum atomic E-state index is 12.3. The maximum Gasteiger partial charge on any atom is 0.274 e. The molecule has 17 heavy (non-hydrogen) atoms. The Morgan fingerprint density at radius 3 is 2.71 bits per heavy atom. The van der Waals surface area contributed by atoms with Gasteiger partial charge in [-0.25, -0.2) is 4.98 Å². The minimum atomic E-state index is -0.167. The van der Waals surface area contributed by atoms with Crippen molar-refractivity contribution < 1.29 is 4.79 Å². The molecule has 1 aromatic heterocycles. The first kappa shape index (κ1) is 13.8. The van der Waals surface area contributed by atoms with Gasteiger partial charge in [-0.15, -0.1) is 0 Å². The van der Waals surface area contributed by atoms with Gasteiger partial charge < -0.3 is 10.6 Å². The van der Waals surface area contributed by atoms with E-state index in [4.69, 9.17) is 17.3 Å². The number of hydrogen-bond donors (Lipinski definition) is 1. The van der Waals surface area contributed by atoms with Crippen LogP contribution in [0.4, 0.5) is 5.82 Å². The van der Waals surface area contributed by atoms with Gasteiger partial charge >= 0.3 is 0 Å². The summed E-state index contributed by atoms with van der Waals surface area (Å²) in [6, 6.07) is 3.29. The fraction of sp³-hybridized carbons (Fsp3) is 0.500. The monoisotopic (exact) mass is 255 g/mol. The number of anilines is 1. The van der Waals surface area contributed by atoms with Crippen molar-refractivity contribution in [2.45, 2.75) is 33.2 Å². The SMILES string of the molecule is CCCN(C(=O)c1nc(N)ccc1Cl)C(C)C. The molecule has 0 saturated heterocycles. The minimum Gasteiger partial charge on any atom is -0.384 e. The Labute approximate surface area is 107 Å². The quantitative estimate of drug-likeness (QED) is 0.900. The van der Waals surface area contributed by atoms with Gasteiger partial charge in [-0.05, 0) is 32.4 Å². The van der Waals surface area contributed by atoms with Crippen LogP contribution < -0.4 is 5.73 Å². The van der Waals surface area contributed by atoms with Crippen molar-refractivity contribution in [3.8, 4) is 0 Å². The zero-order valence-electron chi connectivity index (χ0n) is 10.4. The number of carbonyl (C=O) groups excluding carboxylic acids is 1. The number of halogens is 1. The molecule has 94 valence electrons. The van der Waals surface area contributed by atoms with Crippen molar-refractivity contribution in [3.63, 3.8) is 0 Å². The number of nitrogens with two attached hydrogens (primary N) is 1. The predicted octanol–water partition coefficient (Wildman–Crippen LogP) is 2.58. The van der Waals surface area contributed by atoms with Gasteiger partial charge in [0.05, 0.1) is 5.02 Å². The summed E-state index contributed by atoms with van der Waals surface area (Å²) in [5, 5.41) is 0.339. The summed E-state index contributed by atoms with van der Waals surface area (Å²) in [6.45, 7) is 6.64. The Morgan fingerprint density at radius 1 is 1.53 bits per heavy atom. The van der Waals surface area contributed by atoms with E-state index in [1.807, 2.05) is 20.8 Å². The average molecular weight is 256 g/mol. The number of amides is 1. The molecule has 0 aliphatic rings. The second-order valence-electron chi connectivity index (χ2n) is 4.16. The Hall–Kier alpha value is -1.29. The van der Waals surface area contributed by atoms with Crippen LogP contribution in [0.1, 0.15) is 37.7 Å². The molecule has 1 heterocycles. The zero-order chi connectivity index (χ0) is 13.0. The van der Waals surface area contributed by atoms with E-state index in [-0.39, 0.29) is 17.6 Å². The van der Waals surface area contributed by atoms with E-state index in [1.165, 1.54) is 0 Å². The third kappa shape index (κ3) is 3.33. The number of carbonyl (C=O) groups is 1. The van der Waals surface area contributed by atoms with Crippen LogP contribution in [0.15, 0.2) is 12.1 Å². The summed E-state index contributed by atoms with van der Waals surface area (Å²) in [7, 11) is 0. The Kier molecular flexibility index (Phi) is 4.75. The van der Waals surface area contributed by atoms with Gasteiger partial charge in [0.1, 0.15) is 11.5 Å². The van der Waals surface area contributed by atoms with E-state index < -0.39 is 0 Å². The van der Waals surface area contributed by atoms with Crippen LogP contribution in [0, 0.1) is 0 Å². The van der Waals surface area contributed by atoms with Gasteiger partial charge in [0.2, 0.25) is 0 Å². The van der Waals surface area contributed by atoms with E-state index >= 15 is 0 Å². The summed E-state index contributed by atoms with van der Waals surface area (Å²) in [5.74, 6) is 0.136. The summed E-state index contributed by atoms with van der Waals surface area (Å²) < 4.78 is 0. The lowest BCUT2D eigenvalue weighted by Gasteiger charge is -2.26. The Bertz CT molecular complexity index is 407. The highest BCUT2D eigenvalue weighted by molar-refractivity contribution is 6.33. The second kappa shape index (κ2) is 5.87. The molecule has 0 bridgehead atoms. The number of aromatic nitrogens is 1. The van der Waals surface area contributed by atoms with Crippen LogP contribution >= 0.6 is 11.6 Å². The Morgan fingerprint density at radius 2 is 2.18 bits per heavy atom. The standard InChI is InChI=1S/C12H18ClN3O/c1-4-7-16(8(2)3)12(17)11-9(13)5-6-10(14)15-11/h5-6,8H,4,7H2,1-3H3,(H2,14,15). The van der Waals surface area contributed by atoms with Crippen LogP contribution in [-0.2, 0) is 0 Å². The third-order valence-electron chi connectivity index (χ3n) is 2.42. The van der Waals surface area contributed by atoms with E-state index in [0.29, 0.717) is 17.4 Å². The van der Waals surface area contributed by atoms with Gasteiger partial charge in [-0.2, -0.15) is 0 Å². The molecule has 5 heteroatoms. The highest BCUT2D eigenvalue weighted by Gasteiger charge is 2.21. The summed E-state index contributed by atoms with van der Waals surface area (Å²) >= 11 is 5.97. The molecule has 1 rings (SSSR count). The van der Waals surface area contributed by atoms with Crippen LogP contribution in [-0.4, -0.2) is 28.4 Å². The Balaban J connectivity index is 3.04. The van der Waals surface area contributed by atoms with Crippen LogP contribution in [0.5, 0.6) is 0 Å². The molecule has 0 aliphatic carbocycles. The van der Waals surface area contributed by atoms with E-state index in [9.17, 15) is 4.79 Å². The molecule has 0 fully saturated rings. The fourth-order valence-corrected chi connectivity index (χ4v) is 1.76. The lowest BCUT2D eigenvalue weighted by Crippen LogP contribution is -2.38. The van der Waals surface area contributed by atoms with Crippen LogP contribution in [0.25, 0.3) is 0 Å². The van der Waals surface area contributed by atoms with E-state index in [1.54, 1.807) is 17.0 Å². The molecular formula is C12H18ClN3O. The molecule has 0 aliphatic heterocycles. The molecule has 0 unspecified atom stereocenters. The molecule has 0 saturated carbocycles. The molecule has 1 aromatic rings. The highest BCUT2D eigenvalue weighted by Crippen LogP contribution is 2.18. The summed E-state index contributed by atoms with van der Waals surface area (Å²) in [6.07, 6.45) is 0.893. The van der Waals surface area contributed by atoms with E-state index in [2.05, 4.69) is 4.98 Å². The van der Waals surface area contributed by atoms with Crippen molar-refractivity contribution in [1.29, 1.82) is 0 Å². The van der Waals surface area contributed by atoms with Crippen LogP contribution in [0.2, 0.25) is 5.02 Å². The first-order valence-electron chi connectivity index (χ1n) is 5.70. The molecule has 0 aromatic carbocycles. The second-order valence-corrected chi connectivity index (χ2v) is 4.57. The number of rotatable bonds is 4. The van der Waals surface area contributed by atoms with E-state index in [0.717, 1.165) is 6.42 Å². The molecular weight excluding hydrogens is 238 g/mol. The van der Waals surface area contributed by atoms with Gasteiger partial charge in [0.15, 0.2) is 0 Å². The molecule has 0 atom stereocenters. The van der Waals surface area contributed by atoms with Crippen molar-refractivity contribution in [2.75, 3.05) is 12.3 Å². The molecule has 0 spiro atoms. The average Bonchev–Trinajstić information content (AvgIpc) is 2.28. The summed E-state index contributed by atoms with van der Waals surface area (Å²) in [4.78, 5) is 18.0. The summed E-state index contributed by atoms with van der Waals surface area (Å²) in [5.41, 5.74) is 5.81. The van der Waals surface area contributed by atoms with Crippen LogP contribution in [0.3, 0.4) is 0 Å². The van der Waals surface area contributed by atoms with Crippen molar-refractivity contribution in [3.05, 3.63) is 22.8 Å². The number of nitrogen functional groups attached to an aromatic ring is 1. The lowest BCUT2D eigenvalue weighted by atomic mass is 10.2. The van der Waals surface area contributed by atoms with Crippen molar-refractivity contribution >= 4 is 23.3 Å². The number of hydrogen-bond acceptors (Lipinski definition) is 3. The third-order valence-corrected chi connectivity index (χ3v) is 2.72. The first-order valence-corrected chi connectivity index (χ1v) is 6.08. The van der Waals surface area contributed by atoms with Gasteiger partial charge in [-0.1, -0.05) is 18.5 Å². The molecule has 4 nitrogen and oxygen atoms in total. The zero-order valence-corrected chi connectivity index (χ0v) is 11.2. The van der Waals surface area contributed by atoms with Crippen molar-refractivity contribution in [2.24, 2.45) is 0 Å². The van der Waals surface area contributed by atoms with Gasteiger partial charge in [0.25, 0.3) is 5.91 Å². The first-order chi connectivity index (χ1) is 7.97. The number of nitrogens with zero attached hydrogens (tertiary/aromatic N) is 2. The molecule has 1 amide bonds. The maximum absolute atomic E-state index is 12.3. The highest BCUT2D eigenvalue weighted by atomic mass is 35.5. The topological polar surface area (TPSA) is 59.2 Å². The van der Waals surface area contributed by atoms with Gasteiger partial charge in [-0.3, -0.25) is 4.79 Å². The number of pyridine rings is 1. The van der Waals surface area contributed by atoms with Crippen molar-refractivity contribution in [1.82, 2.24) is 9.88 Å². The normalized spacial score (nSPS) is 10.6. The fourth-order valence-electron chi connectivity index (χ4n) is 1.58. The largest absolute Gasteiger partial charge is 0.384 e.